The number of hydrogen-bond donors (Lipinski definition) is 0. The average molecular weight is 371 g/mol. The normalized spacial score (nSPS) is 18.0. The number of fused-ring (bicyclic) bond motifs is 1. The Balaban J connectivity index is 1.64. The van der Waals surface area contributed by atoms with Crippen LogP contribution in [0.1, 0.15) is 0 Å². The lowest BCUT2D eigenvalue weighted by Crippen LogP contribution is -2.54. The summed E-state index contributed by atoms with van der Waals surface area (Å²) in [6.45, 7) is 4.78. The first-order chi connectivity index (χ1) is 12.6. The van der Waals surface area contributed by atoms with Crippen molar-refractivity contribution in [3.8, 4) is 0 Å². The first-order valence-corrected chi connectivity index (χ1v) is 9.39. The molecule has 2 amide bonds. The van der Waals surface area contributed by atoms with Crippen molar-refractivity contribution in [2.24, 2.45) is 0 Å². The fourth-order valence-corrected chi connectivity index (χ4v) is 3.89. The van der Waals surface area contributed by atoms with Crippen molar-refractivity contribution in [3.05, 3.63) is 53.6 Å². The van der Waals surface area contributed by atoms with Crippen LogP contribution >= 0.6 is 11.6 Å². The Kier molecular flexibility index (Phi) is 4.74. The first kappa shape index (κ1) is 17.2. The average Bonchev–Trinajstić information content (AvgIpc) is 2.68. The van der Waals surface area contributed by atoms with Crippen LogP contribution in [0, 0.1) is 0 Å². The summed E-state index contributed by atoms with van der Waals surface area (Å²) in [6, 6.07) is 16.0. The Hall–Kier alpha value is -2.24. The number of para-hydroxylation sites is 3. The van der Waals surface area contributed by atoms with Crippen molar-refractivity contribution in [2.75, 3.05) is 56.1 Å². The number of hydrogen-bond acceptors (Lipinski definition) is 3. The van der Waals surface area contributed by atoms with Crippen LogP contribution in [0.15, 0.2) is 48.5 Å². The third kappa shape index (κ3) is 3.13. The summed E-state index contributed by atoms with van der Waals surface area (Å²) in [4.78, 5) is 21.4. The van der Waals surface area contributed by atoms with Crippen LogP contribution in [-0.4, -0.2) is 62.1 Å². The molecule has 0 atom stereocenters. The van der Waals surface area contributed by atoms with E-state index in [1.165, 1.54) is 0 Å². The lowest BCUT2D eigenvalue weighted by Gasteiger charge is -2.41. The molecule has 1 saturated heterocycles. The quantitative estimate of drug-likeness (QED) is 0.767. The monoisotopic (exact) mass is 370 g/mol. The lowest BCUT2D eigenvalue weighted by atomic mass is 10.1. The van der Waals surface area contributed by atoms with Gasteiger partial charge in [0.2, 0.25) is 0 Å². The molecule has 2 aliphatic rings. The number of piperazine rings is 1. The van der Waals surface area contributed by atoms with E-state index >= 15 is 0 Å². The highest BCUT2D eigenvalue weighted by atomic mass is 35.5. The fraction of sp³-hybridized carbons (Fsp3) is 0.350. The Morgan fingerprint density at radius 2 is 1.42 bits per heavy atom. The molecule has 4 rings (SSSR count). The summed E-state index contributed by atoms with van der Waals surface area (Å²) < 4.78 is 0. The molecule has 2 aromatic rings. The number of likely N-dealkylation sites (N-methyl/N-ethyl adjacent to an activating group) is 1. The van der Waals surface area contributed by atoms with Gasteiger partial charge in [0, 0.05) is 39.3 Å². The second-order valence-electron chi connectivity index (χ2n) is 6.82. The van der Waals surface area contributed by atoms with E-state index < -0.39 is 0 Å². The molecular weight excluding hydrogens is 348 g/mol. The van der Waals surface area contributed by atoms with Crippen LogP contribution in [0.5, 0.6) is 0 Å². The summed E-state index contributed by atoms with van der Waals surface area (Å²) in [7, 11) is 2.10. The molecule has 2 aliphatic heterocycles. The topological polar surface area (TPSA) is 30.0 Å². The molecular formula is C20H23ClN4O. The van der Waals surface area contributed by atoms with E-state index in [9.17, 15) is 4.79 Å². The van der Waals surface area contributed by atoms with Crippen molar-refractivity contribution in [3.63, 3.8) is 0 Å². The summed E-state index contributed by atoms with van der Waals surface area (Å²) in [5, 5.41) is 0.723. The minimum atomic E-state index is 0.101. The Labute approximate surface area is 159 Å². The zero-order chi connectivity index (χ0) is 18.1. The molecule has 6 heteroatoms. The van der Waals surface area contributed by atoms with E-state index in [2.05, 4.69) is 22.9 Å². The zero-order valence-electron chi connectivity index (χ0n) is 14.9. The van der Waals surface area contributed by atoms with Crippen molar-refractivity contribution in [2.45, 2.75) is 0 Å². The van der Waals surface area contributed by atoms with Gasteiger partial charge in [-0.1, -0.05) is 35.9 Å². The number of carbonyl (C=O) groups is 1. The van der Waals surface area contributed by atoms with Gasteiger partial charge in [-0.15, -0.1) is 0 Å². The molecule has 0 spiro atoms. The molecule has 26 heavy (non-hydrogen) atoms. The number of nitrogens with zero attached hydrogens (tertiary/aromatic N) is 4. The maximum Gasteiger partial charge on any atom is 0.324 e. The van der Waals surface area contributed by atoms with E-state index in [0.717, 1.165) is 54.8 Å². The molecule has 0 saturated carbocycles. The Morgan fingerprint density at radius 3 is 2.12 bits per heavy atom. The maximum absolute atomic E-state index is 13.1. The number of rotatable bonds is 1. The van der Waals surface area contributed by atoms with E-state index in [0.29, 0.717) is 6.54 Å². The molecule has 0 aliphatic carbocycles. The highest BCUT2D eigenvalue weighted by Gasteiger charge is 2.31. The maximum atomic E-state index is 13.1. The standard InChI is InChI=1S/C20H23ClN4O/c1-22-10-12-23(13-11-22)20(26)25-15-14-24(17-7-3-2-6-16(17)21)18-8-4-5-9-19(18)25/h2-9H,10-15H2,1H3. The second kappa shape index (κ2) is 7.17. The predicted molar refractivity (Wildman–Crippen MR) is 107 cm³/mol. The summed E-state index contributed by atoms with van der Waals surface area (Å²) in [5.41, 5.74) is 2.95. The van der Waals surface area contributed by atoms with Gasteiger partial charge >= 0.3 is 6.03 Å². The van der Waals surface area contributed by atoms with Crippen LogP contribution in [0.25, 0.3) is 0 Å². The first-order valence-electron chi connectivity index (χ1n) is 9.01. The van der Waals surface area contributed by atoms with Gasteiger partial charge in [-0.25, -0.2) is 4.79 Å². The van der Waals surface area contributed by atoms with Gasteiger partial charge in [0.05, 0.1) is 22.1 Å². The van der Waals surface area contributed by atoms with Crippen LogP contribution in [-0.2, 0) is 0 Å². The number of carbonyl (C=O) groups excluding carboxylic acids is 1. The van der Waals surface area contributed by atoms with Gasteiger partial charge in [0.15, 0.2) is 0 Å². The van der Waals surface area contributed by atoms with Crippen LogP contribution in [0.2, 0.25) is 5.02 Å². The molecule has 1 fully saturated rings. The van der Waals surface area contributed by atoms with E-state index in [-0.39, 0.29) is 6.03 Å². The van der Waals surface area contributed by atoms with Crippen molar-refractivity contribution < 1.29 is 4.79 Å². The number of anilines is 3. The SMILES string of the molecule is CN1CCN(C(=O)N2CCN(c3ccccc3Cl)c3ccccc32)CC1. The van der Waals surface area contributed by atoms with Gasteiger partial charge in [-0.3, -0.25) is 4.90 Å². The van der Waals surface area contributed by atoms with Gasteiger partial charge in [0.1, 0.15) is 0 Å². The number of halogens is 1. The molecule has 0 unspecified atom stereocenters. The van der Waals surface area contributed by atoms with E-state index in [1.807, 2.05) is 52.3 Å². The summed E-state index contributed by atoms with van der Waals surface area (Å²) in [5.74, 6) is 0. The van der Waals surface area contributed by atoms with Crippen molar-refractivity contribution in [1.29, 1.82) is 0 Å². The third-order valence-corrected chi connectivity index (χ3v) is 5.48. The molecule has 0 N–H and O–H groups in total. The Bertz CT molecular complexity index is 804. The summed E-state index contributed by atoms with van der Waals surface area (Å²) in [6.07, 6.45) is 0. The largest absolute Gasteiger partial charge is 0.337 e. The number of urea groups is 1. The minimum Gasteiger partial charge on any atom is -0.337 e. The minimum absolute atomic E-state index is 0.101. The molecule has 2 aromatic carbocycles. The Morgan fingerprint density at radius 1 is 0.808 bits per heavy atom. The van der Waals surface area contributed by atoms with Gasteiger partial charge in [-0.05, 0) is 31.3 Å². The van der Waals surface area contributed by atoms with Crippen molar-refractivity contribution in [1.82, 2.24) is 9.80 Å². The van der Waals surface area contributed by atoms with Crippen LogP contribution in [0.3, 0.4) is 0 Å². The second-order valence-corrected chi connectivity index (χ2v) is 7.22. The molecule has 5 nitrogen and oxygen atoms in total. The molecule has 136 valence electrons. The van der Waals surface area contributed by atoms with Crippen LogP contribution in [0.4, 0.5) is 21.9 Å². The number of amides is 2. The highest BCUT2D eigenvalue weighted by Crippen LogP contribution is 2.40. The van der Waals surface area contributed by atoms with Crippen LogP contribution < -0.4 is 9.80 Å². The summed E-state index contributed by atoms with van der Waals surface area (Å²) >= 11 is 6.42. The van der Waals surface area contributed by atoms with E-state index in [1.54, 1.807) is 0 Å². The molecule has 0 radical (unpaired) electrons. The third-order valence-electron chi connectivity index (χ3n) is 5.16. The van der Waals surface area contributed by atoms with Crippen molar-refractivity contribution >= 4 is 34.7 Å². The highest BCUT2D eigenvalue weighted by molar-refractivity contribution is 6.33. The molecule has 0 bridgehead atoms. The van der Waals surface area contributed by atoms with E-state index in [4.69, 9.17) is 11.6 Å². The molecule has 0 aromatic heterocycles. The van der Waals surface area contributed by atoms with Gasteiger partial charge < -0.3 is 14.7 Å². The van der Waals surface area contributed by atoms with Gasteiger partial charge in [0.25, 0.3) is 0 Å². The number of benzene rings is 2. The smallest absolute Gasteiger partial charge is 0.324 e. The fourth-order valence-electron chi connectivity index (χ4n) is 3.65. The van der Waals surface area contributed by atoms with Gasteiger partial charge in [-0.2, -0.15) is 0 Å². The zero-order valence-corrected chi connectivity index (χ0v) is 15.7. The predicted octanol–water partition coefficient (Wildman–Crippen LogP) is 3.67. The lowest BCUT2D eigenvalue weighted by molar-refractivity contribution is 0.159. The molecule has 2 heterocycles.